The minimum Gasteiger partial charge on any atom is -0.304 e. The molecular formula is C12H20N2S. The van der Waals surface area contributed by atoms with E-state index in [9.17, 15) is 0 Å². The Morgan fingerprint density at radius 3 is 2.67 bits per heavy atom. The molecule has 1 saturated heterocycles. The van der Waals surface area contributed by atoms with Gasteiger partial charge in [-0.3, -0.25) is 4.90 Å². The SMILES string of the molecule is CCc1ccsc1CN1CCN(C)CC1. The molecule has 0 radical (unpaired) electrons. The molecule has 2 heterocycles. The van der Waals surface area contributed by atoms with Crippen LogP contribution in [-0.4, -0.2) is 43.0 Å². The summed E-state index contributed by atoms with van der Waals surface area (Å²) in [5.74, 6) is 0. The summed E-state index contributed by atoms with van der Waals surface area (Å²) in [6, 6.07) is 2.27. The number of likely N-dealkylation sites (N-methyl/N-ethyl adjacent to an activating group) is 1. The van der Waals surface area contributed by atoms with Gasteiger partial charge in [0.05, 0.1) is 0 Å². The Hall–Kier alpha value is -0.380. The van der Waals surface area contributed by atoms with Crippen molar-refractivity contribution in [1.82, 2.24) is 9.80 Å². The third-order valence-corrected chi connectivity index (χ3v) is 4.13. The lowest BCUT2D eigenvalue weighted by Crippen LogP contribution is -2.43. The van der Waals surface area contributed by atoms with Gasteiger partial charge in [0.15, 0.2) is 0 Å². The molecule has 2 nitrogen and oxygen atoms in total. The summed E-state index contributed by atoms with van der Waals surface area (Å²) in [5.41, 5.74) is 1.54. The highest BCUT2D eigenvalue weighted by atomic mass is 32.1. The highest BCUT2D eigenvalue weighted by Gasteiger charge is 2.15. The molecule has 1 aromatic heterocycles. The normalized spacial score (nSPS) is 19.6. The molecule has 2 rings (SSSR count). The molecule has 15 heavy (non-hydrogen) atoms. The summed E-state index contributed by atoms with van der Waals surface area (Å²) in [7, 11) is 2.21. The van der Waals surface area contributed by atoms with Crippen molar-refractivity contribution < 1.29 is 0 Å². The Labute approximate surface area is 96.5 Å². The summed E-state index contributed by atoms with van der Waals surface area (Å²) in [6.07, 6.45) is 1.17. The molecular weight excluding hydrogens is 204 g/mol. The minimum atomic E-state index is 1.16. The Morgan fingerprint density at radius 2 is 2.00 bits per heavy atom. The first-order valence-corrected chi connectivity index (χ1v) is 6.63. The number of piperazine rings is 1. The van der Waals surface area contributed by atoms with E-state index in [0.29, 0.717) is 0 Å². The Balaban J connectivity index is 1.91. The summed E-state index contributed by atoms with van der Waals surface area (Å²) in [5, 5.41) is 2.23. The van der Waals surface area contributed by atoms with Crippen molar-refractivity contribution in [3.63, 3.8) is 0 Å². The van der Waals surface area contributed by atoms with Crippen LogP contribution < -0.4 is 0 Å². The zero-order valence-electron chi connectivity index (χ0n) is 9.70. The highest BCUT2D eigenvalue weighted by Crippen LogP contribution is 2.19. The minimum absolute atomic E-state index is 1.16. The topological polar surface area (TPSA) is 6.48 Å². The number of aryl methyl sites for hydroxylation is 1. The van der Waals surface area contributed by atoms with Gasteiger partial charge >= 0.3 is 0 Å². The zero-order chi connectivity index (χ0) is 10.7. The maximum absolute atomic E-state index is 2.57. The zero-order valence-corrected chi connectivity index (χ0v) is 10.5. The van der Waals surface area contributed by atoms with Crippen LogP contribution >= 0.6 is 11.3 Å². The van der Waals surface area contributed by atoms with E-state index < -0.39 is 0 Å². The summed E-state index contributed by atoms with van der Waals surface area (Å²) >= 11 is 1.91. The fourth-order valence-corrected chi connectivity index (χ4v) is 3.05. The van der Waals surface area contributed by atoms with E-state index >= 15 is 0 Å². The molecule has 0 amide bonds. The predicted octanol–water partition coefficient (Wildman–Crippen LogP) is 2.06. The first-order valence-electron chi connectivity index (χ1n) is 5.75. The largest absolute Gasteiger partial charge is 0.304 e. The van der Waals surface area contributed by atoms with Gasteiger partial charge in [-0.05, 0) is 30.5 Å². The van der Waals surface area contributed by atoms with Gasteiger partial charge in [0.1, 0.15) is 0 Å². The Kier molecular flexibility index (Phi) is 3.78. The van der Waals surface area contributed by atoms with E-state index in [1.54, 1.807) is 10.4 Å². The van der Waals surface area contributed by atoms with Crippen LogP contribution in [-0.2, 0) is 13.0 Å². The average molecular weight is 224 g/mol. The highest BCUT2D eigenvalue weighted by molar-refractivity contribution is 7.10. The van der Waals surface area contributed by atoms with E-state index in [2.05, 4.69) is 35.2 Å². The molecule has 1 aromatic rings. The van der Waals surface area contributed by atoms with Crippen molar-refractivity contribution in [2.24, 2.45) is 0 Å². The molecule has 0 spiro atoms. The van der Waals surface area contributed by atoms with Crippen LogP contribution in [0.4, 0.5) is 0 Å². The van der Waals surface area contributed by atoms with E-state index in [1.807, 2.05) is 11.3 Å². The molecule has 0 bridgehead atoms. The van der Waals surface area contributed by atoms with E-state index in [0.717, 1.165) is 6.54 Å². The molecule has 0 N–H and O–H groups in total. The molecule has 1 fully saturated rings. The molecule has 1 aliphatic rings. The number of hydrogen-bond acceptors (Lipinski definition) is 3. The van der Waals surface area contributed by atoms with Gasteiger partial charge in [-0.2, -0.15) is 0 Å². The summed E-state index contributed by atoms with van der Waals surface area (Å²) < 4.78 is 0. The van der Waals surface area contributed by atoms with Crippen molar-refractivity contribution in [3.05, 3.63) is 21.9 Å². The van der Waals surface area contributed by atoms with Crippen LogP contribution in [0.25, 0.3) is 0 Å². The second-order valence-electron chi connectivity index (χ2n) is 4.30. The van der Waals surface area contributed by atoms with Crippen LogP contribution in [0.1, 0.15) is 17.4 Å². The maximum atomic E-state index is 2.57. The number of hydrogen-bond donors (Lipinski definition) is 0. The molecule has 0 atom stereocenters. The van der Waals surface area contributed by atoms with E-state index in [4.69, 9.17) is 0 Å². The van der Waals surface area contributed by atoms with Gasteiger partial charge in [-0.25, -0.2) is 0 Å². The number of thiophene rings is 1. The number of nitrogens with zero attached hydrogens (tertiary/aromatic N) is 2. The quantitative estimate of drug-likeness (QED) is 0.775. The average Bonchev–Trinajstić information content (AvgIpc) is 2.69. The van der Waals surface area contributed by atoms with Crippen LogP contribution in [0, 0.1) is 0 Å². The van der Waals surface area contributed by atoms with Gasteiger partial charge < -0.3 is 4.90 Å². The molecule has 1 aliphatic heterocycles. The van der Waals surface area contributed by atoms with Crippen molar-refractivity contribution >= 4 is 11.3 Å². The predicted molar refractivity (Wildman–Crippen MR) is 66.5 cm³/mol. The van der Waals surface area contributed by atoms with Crippen LogP contribution in [0.15, 0.2) is 11.4 Å². The van der Waals surface area contributed by atoms with Crippen molar-refractivity contribution in [3.8, 4) is 0 Å². The van der Waals surface area contributed by atoms with Crippen molar-refractivity contribution in [2.45, 2.75) is 19.9 Å². The van der Waals surface area contributed by atoms with Crippen LogP contribution in [0.2, 0.25) is 0 Å². The third kappa shape index (κ3) is 2.80. The summed E-state index contributed by atoms with van der Waals surface area (Å²) in [4.78, 5) is 6.55. The van der Waals surface area contributed by atoms with Gasteiger partial charge in [-0.15, -0.1) is 11.3 Å². The lowest BCUT2D eigenvalue weighted by atomic mass is 10.2. The smallest absolute Gasteiger partial charge is 0.0331 e. The molecule has 3 heteroatoms. The van der Waals surface area contributed by atoms with E-state index in [-0.39, 0.29) is 0 Å². The first kappa shape index (κ1) is 11.1. The lowest BCUT2D eigenvalue weighted by Gasteiger charge is -2.32. The second-order valence-corrected chi connectivity index (χ2v) is 5.30. The van der Waals surface area contributed by atoms with Gasteiger partial charge in [-0.1, -0.05) is 6.92 Å². The molecule has 0 saturated carbocycles. The fraction of sp³-hybridized carbons (Fsp3) is 0.667. The monoisotopic (exact) mass is 224 g/mol. The molecule has 0 aromatic carbocycles. The van der Waals surface area contributed by atoms with Crippen LogP contribution in [0.3, 0.4) is 0 Å². The molecule has 0 aliphatic carbocycles. The molecule has 84 valence electrons. The Bertz CT molecular complexity index is 300. The van der Waals surface area contributed by atoms with Crippen LogP contribution in [0.5, 0.6) is 0 Å². The Morgan fingerprint density at radius 1 is 1.27 bits per heavy atom. The summed E-state index contributed by atoms with van der Waals surface area (Å²) in [6.45, 7) is 8.28. The van der Waals surface area contributed by atoms with Gasteiger partial charge in [0.25, 0.3) is 0 Å². The second kappa shape index (κ2) is 5.10. The van der Waals surface area contributed by atoms with Crippen molar-refractivity contribution in [1.29, 1.82) is 0 Å². The first-order chi connectivity index (χ1) is 7.29. The number of rotatable bonds is 3. The van der Waals surface area contributed by atoms with Gasteiger partial charge in [0, 0.05) is 37.6 Å². The van der Waals surface area contributed by atoms with E-state index in [1.165, 1.54) is 32.6 Å². The standard InChI is InChI=1S/C12H20N2S/c1-3-11-4-9-15-12(11)10-14-7-5-13(2)6-8-14/h4,9H,3,5-8,10H2,1-2H3. The van der Waals surface area contributed by atoms with Crippen molar-refractivity contribution in [2.75, 3.05) is 33.2 Å². The third-order valence-electron chi connectivity index (χ3n) is 3.18. The van der Waals surface area contributed by atoms with Gasteiger partial charge in [0.2, 0.25) is 0 Å². The fourth-order valence-electron chi connectivity index (χ4n) is 2.03. The molecule has 0 unspecified atom stereocenters. The maximum Gasteiger partial charge on any atom is 0.0331 e. The lowest BCUT2D eigenvalue weighted by molar-refractivity contribution is 0.149.